The van der Waals surface area contributed by atoms with Gasteiger partial charge in [-0.25, -0.2) is 0 Å². The summed E-state index contributed by atoms with van der Waals surface area (Å²) in [7, 11) is 0. The molecule has 0 saturated carbocycles. The summed E-state index contributed by atoms with van der Waals surface area (Å²) in [5.74, 6) is 0.653. The third-order valence-corrected chi connectivity index (χ3v) is 5.03. The predicted octanol–water partition coefficient (Wildman–Crippen LogP) is 1.07. The minimum absolute atomic E-state index is 0.244. The largest absolute Gasteiger partial charge is 0.341 e. The number of rotatable bonds is 2. The molecule has 3 aliphatic rings. The minimum atomic E-state index is 0.244. The molecule has 1 amide bonds. The lowest BCUT2D eigenvalue weighted by atomic mass is 9.98. The normalized spacial score (nSPS) is 33.6. The Morgan fingerprint density at radius 2 is 1.84 bits per heavy atom. The Morgan fingerprint density at radius 1 is 1.00 bits per heavy atom. The van der Waals surface area contributed by atoms with E-state index >= 15 is 0 Å². The third kappa shape index (κ3) is 3.11. The highest BCUT2D eigenvalue weighted by Gasteiger charge is 2.34. The fraction of sp³-hybridized carbons (Fsp3) is 0.933. The molecule has 2 atom stereocenters. The van der Waals surface area contributed by atoms with Gasteiger partial charge in [-0.3, -0.25) is 9.69 Å². The second-order valence-corrected chi connectivity index (χ2v) is 6.37. The maximum Gasteiger partial charge on any atom is 0.227 e. The lowest BCUT2D eigenvalue weighted by Gasteiger charge is -2.32. The molecule has 4 heteroatoms. The average molecular weight is 265 g/mol. The molecule has 3 rings (SSSR count). The number of carbonyl (C=O) groups is 1. The number of likely N-dealkylation sites (tertiary alicyclic amines) is 2. The SMILES string of the molecule is O=C(C1CCCNC1)N1CCC(N2CCCCC2)C1. The number of hydrogen-bond donors (Lipinski definition) is 1. The van der Waals surface area contributed by atoms with Crippen molar-refractivity contribution in [1.29, 1.82) is 0 Å². The number of nitrogens with zero attached hydrogens (tertiary/aromatic N) is 2. The quantitative estimate of drug-likeness (QED) is 0.811. The lowest BCUT2D eigenvalue weighted by molar-refractivity contribution is -0.135. The van der Waals surface area contributed by atoms with E-state index in [9.17, 15) is 4.79 Å². The van der Waals surface area contributed by atoms with Crippen LogP contribution in [0.25, 0.3) is 0 Å². The molecule has 0 aromatic heterocycles. The fourth-order valence-electron chi connectivity index (χ4n) is 3.84. The van der Waals surface area contributed by atoms with Gasteiger partial charge in [-0.05, 0) is 51.7 Å². The molecule has 0 aliphatic carbocycles. The summed E-state index contributed by atoms with van der Waals surface area (Å²) in [5, 5.41) is 3.36. The maximum absolute atomic E-state index is 12.5. The molecule has 3 aliphatic heterocycles. The first-order chi connectivity index (χ1) is 9.34. The minimum Gasteiger partial charge on any atom is -0.341 e. The van der Waals surface area contributed by atoms with E-state index in [2.05, 4.69) is 15.1 Å². The van der Waals surface area contributed by atoms with Gasteiger partial charge in [0.25, 0.3) is 0 Å². The third-order valence-electron chi connectivity index (χ3n) is 5.03. The van der Waals surface area contributed by atoms with Crippen LogP contribution in [0.2, 0.25) is 0 Å². The van der Waals surface area contributed by atoms with Gasteiger partial charge < -0.3 is 10.2 Å². The van der Waals surface area contributed by atoms with Crippen molar-refractivity contribution in [1.82, 2.24) is 15.1 Å². The molecule has 2 unspecified atom stereocenters. The van der Waals surface area contributed by atoms with Crippen molar-refractivity contribution in [2.24, 2.45) is 5.92 Å². The zero-order valence-corrected chi connectivity index (χ0v) is 11.9. The summed E-state index contributed by atoms with van der Waals surface area (Å²) in [5.41, 5.74) is 0. The average Bonchev–Trinajstić information content (AvgIpc) is 2.98. The first-order valence-corrected chi connectivity index (χ1v) is 8.08. The summed E-state index contributed by atoms with van der Waals surface area (Å²) in [6.07, 6.45) is 7.50. The molecule has 108 valence electrons. The number of carbonyl (C=O) groups excluding carboxylic acids is 1. The molecular formula is C15H27N3O. The summed E-state index contributed by atoms with van der Waals surface area (Å²) in [6.45, 7) is 6.44. The van der Waals surface area contributed by atoms with Gasteiger partial charge in [0.15, 0.2) is 0 Å². The zero-order chi connectivity index (χ0) is 13.1. The molecule has 0 aromatic rings. The van der Waals surface area contributed by atoms with E-state index in [1.54, 1.807) is 0 Å². The van der Waals surface area contributed by atoms with E-state index in [0.717, 1.165) is 39.0 Å². The predicted molar refractivity (Wildman–Crippen MR) is 76.0 cm³/mol. The van der Waals surface area contributed by atoms with Crippen LogP contribution in [0.4, 0.5) is 0 Å². The first kappa shape index (κ1) is 13.4. The number of amides is 1. The highest BCUT2D eigenvalue weighted by Crippen LogP contribution is 2.23. The highest BCUT2D eigenvalue weighted by molar-refractivity contribution is 5.79. The molecule has 19 heavy (non-hydrogen) atoms. The topological polar surface area (TPSA) is 35.6 Å². The Kier molecular flexibility index (Phi) is 4.38. The van der Waals surface area contributed by atoms with Crippen molar-refractivity contribution in [2.75, 3.05) is 39.3 Å². The van der Waals surface area contributed by atoms with E-state index < -0.39 is 0 Å². The van der Waals surface area contributed by atoms with E-state index in [-0.39, 0.29) is 5.92 Å². The van der Waals surface area contributed by atoms with Crippen LogP contribution in [-0.4, -0.2) is 61.0 Å². The van der Waals surface area contributed by atoms with Crippen LogP contribution in [0, 0.1) is 5.92 Å². The highest BCUT2D eigenvalue weighted by atomic mass is 16.2. The van der Waals surface area contributed by atoms with Gasteiger partial charge in [-0.15, -0.1) is 0 Å². The Labute approximate surface area is 116 Å². The van der Waals surface area contributed by atoms with Crippen LogP contribution in [0.5, 0.6) is 0 Å². The van der Waals surface area contributed by atoms with Crippen molar-refractivity contribution in [2.45, 2.75) is 44.6 Å². The van der Waals surface area contributed by atoms with E-state index in [1.165, 1.54) is 38.8 Å². The summed E-state index contributed by atoms with van der Waals surface area (Å²) < 4.78 is 0. The summed E-state index contributed by atoms with van der Waals surface area (Å²) in [4.78, 5) is 17.3. The molecule has 0 spiro atoms. The molecule has 0 bridgehead atoms. The van der Waals surface area contributed by atoms with Crippen LogP contribution in [0.3, 0.4) is 0 Å². The Bertz CT molecular complexity index is 309. The smallest absolute Gasteiger partial charge is 0.227 e. The van der Waals surface area contributed by atoms with Crippen LogP contribution < -0.4 is 5.32 Å². The second kappa shape index (κ2) is 6.23. The van der Waals surface area contributed by atoms with Crippen molar-refractivity contribution >= 4 is 5.91 Å². The van der Waals surface area contributed by atoms with Crippen LogP contribution in [-0.2, 0) is 4.79 Å². The van der Waals surface area contributed by atoms with Gasteiger partial charge in [0.1, 0.15) is 0 Å². The van der Waals surface area contributed by atoms with Crippen molar-refractivity contribution in [3.05, 3.63) is 0 Å². The Hall–Kier alpha value is -0.610. The molecule has 0 radical (unpaired) electrons. The Balaban J connectivity index is 1.51. The van der Waals surface area contributed by atoms with Gasteiger partial charge in [0, 0.05) is 25.7 Å². The van der Waals surface area contributed by atoms with Gasteiger partial charge in [-0.1, -0.05) is 6.42 Å². The summed E-state index contributed by atoms with van der Waals surface area (Å²) >= 11 is 0. The van der Waals surface area contributed by atoms with Crippen LogP contribution in [0.1, 0.15) is 38.5 Å². The maximum atomic E-state index is 12.5. The van der Waals surface area contributed by atoms with Crippen molar-refractivity contribution in [3.63, 3.8) is 0 Å². The van der Waals surface area contributed by atoms with Crippen molar-refractivity contribution in [3.8, 4) is 0 Å². The molecule has 3 saturated heterocycles. The fourth-order valence-corrected chi connectivity index (χ4v) is 3.84. The molecule has 4 nitrogen and oxygen atoms in total. The van der Waals surface area contributed by atoms with Gasteiger partial charge in [0.2, 0.25) is 5.91 Å². The molecule has 1 N–H and O–H groups in total. The number of nitrogens with one attached hydrogen (secondary N) is 1. The zero-order valence-electron chi connectivity index (χ0n) is 11.9. The summed E-state index contributed by atoms with van der Waals surface area (Å²) in [6, 6.07) is 0.640. The standard InChI is InChI=1S/C15H27N3O/c19-15(13-5-4-7-16-11-13)18-10-6-14(12-18)17-8-2-1-3-9-17/h13-14,16H,1-12H2. The molecule has 3 fully saturated rings. The van der Waals surface area contributed by atoms with Gasteiger partial charge >= 0.3 is 0 Å². The van der Waals surface area contributed by atoms with E-state index in [1.807, 2.05) is 0 Å². The second-order valence-electron chi connectivity index (χ2n) is 6.37. The van der Waals surface area contributed by atoms with E-state index in [4.69, 9.17) is 0 Å². The monoisotopic (exact) mass is 265 g/mol. The lowest BCUT2D eigenvalue weighted by Crippen LogP contribution is -2.45. The number of piperidine rings is 2. The number of hydrogen-bond acceptors (Lipinski definition) is 3. The van der Waals surface area contributed by atoms with Gasteiger partial charge in [0.05, 0.1) is 5.92 Å². The Morgan fingerprint density at radius 3 is 2.58 bits per heavy atom. The molecule has 0 aromatic carbocycles. The molecule has 3 heterocycles. The van der Waals surface area contributed by atoms with Crippen LogP contribution >= 0.6 is 0 Å². The first-order valence-electron chi connectivity index (χ1n) is 8.08. The van der Waals surface area contributed by atoms with Crippen LogP contribution in [0.15, 0.2) is 0 Å². The van der Waals surface area contributed by atoms with E-state index in [0.29, 0.717) is 11.9 Å². The molecular weight excluding hydrogens is 238 g/mol. The van der Waals surface area contributed by atoms with Gasteiger partial charge in [-0.2, -0.15) is 0 Å². The van der Waals surface area contributed by atoms with Crippen molar-refractivity contribution < 1.29 is 4.79 Å².